The highest BCUT2D eigenvalue weighted by Crippen LogP contribution is 2.41. The molecule has 3 aromatic rings. The number of carbonyl (C=O) groups is 1. The van der Waals surface area contributed by atoms with Gasteiger partial charge in [0.1, 0.15) is 29.9 Å². The molecule has 7 nitrogen and oxygen atoms in total. The zero-order valence-corrected chi connectivity index (χ0v) is 18.4. The Labute approximate surface area is 185 Å². The first-order chi connectivity index (χ1) is 14.8. The zero-order valence-electron chi connectivity index (χ0n) is 16.7. The number of benzene rings is 1. The summed E-state index contributed by atoms with van der Waals surface area (Å²) in [4.78, 5) is 19.6. The zero-order chi connectivity index (χ0) is 22.4. The Bertz CT molecular complexity index is 1020. The van der Waals surface area contributed by atoms with Crippen molar-refractivity contribution >= 4 is 27.6 Å². The summed E-state index contributed by atoms with van der Waals surface area (Å²) in [6.45, 7) is 1.70. The molecule has 0 spiro atoms. The van der Waals surface area contributed by atoms with Gasteiger partial charge in [-0.25, -0.2) is 23.2 Å². The van der Waals surface area contributed by atoms with E-state index in [0.717, 1.165) is 17.8 Å². The molecule has 1 N–H and O–H groups in total. The lowest BCUT2D eigenvalue weighted by molar-refractivity contribution is 0.0137. The molecule has 2 aromatic heterocycles. The molecule has 0 aliphatic carbocycles. The average Bonchev–Trinajstić information content (AvgIpc) is 3.26. The van der Waals surface area contributed by atoms with Gasteiger partial charge in [-0.3, -0.25) is 4.98 Å². The number of halogens is 2. The highest BCUT2D eigenvalue weighted by atomic mass is 33.1. The maximum absolute atomic E-state index is 14.5. The third kappa shape index (κ3) is 5.60. The molecule has 0 saturated carbocycles. The first-order valence-corrected chi connectivity index (χ1v) is 11.5. The van der Waals surface area contributed by atoms with Gasteiger partial charge >= 0.3 is 5.97 Å². The van der Waals surface area contributed by atoms with Crippen LogP contribution in [0.2, 0.25) is 0 Å². The van der Waals surface area contributed by atoms with Crippen molar-refractivity contribution in [3.8, 4) is 0 Å². The SMILES string of the molecule is COC(=O)c1ccc(CSS[C@H](C)[C@](O)(Cn2cncn2)c2ccc(F)cc2F)nc1. The molecule has 31 heavy (non-hydrogen) atoms. The van der Waals surface area contributed by atoms with Crippen LogP contribution in [0.5, 0.6) is 0 Å². The Balaban J connectivity index is 1.72. The summed E-state index contributed by atoms with van der Waals surface area (Å²) in [5.41, 5.74) is -0.618. The van der Waals surface area contributed by atoms with Crippen LogP contribution in [0.1, 0.15) is 28.5 Å². The second-order valence-corrected chi connectivity index (χ2v) is 9.38. The second kappa shape index (κ2) is 10.2. The van der Waals surface area contributed by atoms with Crippen molar-refractivity contribution in [2.24, 2.45) is 0 Å². The number of nitrogens with zero attached hydrogens (tertiary/aromatic N) is 4. The van der Waals surface area contributed by atoms with E-state index < -0.39 is 28.5 Å². The molecule has 0 radical (unpaired) electrons. The summed E-state index contributed by atoms with van der Waals surface area (Å²) in [5, 5.41) is 15.0. The van der Waals surface area contributed by atoms with Gasteiger partial charge in [0.15, 0.2) is 0 Å². The molecule has 2 atom stereocenters. The van der Waals surface area contributed by atoms with E-state index in [1.54, 1.807) is 19.1 Å². The predicted octanol–water partition coefficient (Wildman–Crippen LogP) is 3.60. The molecule has 0 fully saturated rings. The Hall–Kier alpha value is -2.50. The van der Waals surface area contributed by atoms with Crippen LogP contribution in [0.4, 0.5) is 8.78 Å². The number of esters is 1. The van der Waals surface area contributed by atoms with Crippen molar-refractivity contribution in [3.63, 3.8) is 0 Å². The molecule has 0 bridgehead atoms. The number of hydrogen-bond donors (Lipinski definition) is 1. The van der Waals surface area contributed by atoms with Gasteiger partial charge < -0.3 is 9.84 Å². The highest BCUT2D eigenvalue weighted by molar-refractivity contribution is 8.76. The monoisotopic (exact) mass is 466 g/mol. The first-order valence-electron chi connectivity index (χ1n) is 9.15. The molecule has 1 aromatic carbocycles. The van der Waals surface area contributed by atoms with E-state index in [0.29, 0.717) is 11.3 Å². The molecule has 0 amide bonds. The van der Waals surface area contributed by atoms with Crippen LogP contribution in [0.15, 0.2) is 49.2 Å². The normalized spacial score (nSPS) is 14.1. The van der Waals surface area contributed by atoms with Crippen LogP contribution in [0.25, 0.3) is 0 Å². The standard InChI is InChI=1S/C20H20F2N4O3S2/c1-13(31-30-9-16-5-3-14(8-24-16)19(27)29-2)20(28,10-26-12-23-11-25-26)17-6-4-15(21)7-18(17)22/h3-8,11-13,28H,9-10H2,1-2H3/t13-,20-/m1/s1. The second-order valence-electron chi connectivity index (χ2n) is 6.67. The van der Waals surface area contributed by atoms with Crippen molar-refractivity contribution in [1.29, 1.82) is 0 Å². The van der Waals surface area contributed by atoms with Gasteiger partial charge in [0.2, 0.25) is 0 Å². The van der Waals surface area contributed by atoms with Crippen molar-refractivity contribution in [2.75, 3.05) is 7.11 Å². The van der Waals surface area contributed by atoms with Crippen LogP contribution in [-0.2, 0) is 22.6 Å². The highest BCUT2D eigenvalue weighted by Gasteiger charge is 2.39. The summed E-state index contributed by atoms with van der Waals surface area (Å²) in [6.07, 6.45) is 4.17. The number of hydrogen-bond acceptors (Lipinski definition) is 8. The van der Waals surface area contributed by atoms with Crippen molar-refractivity contribution in [2.45, 2.75) is 30.1 Å². The molecule has 0 aliphatic rings. The molecule has 0 aliphatic heterocycles. The third-order valence-corrected chi connectivity index (χ3v) is 7.46. The van der Waals surface area contributed by atoms with E-state index in [2.05, 4.69) is 19.8 Å². The van der Waals surface area contributed by atoms with Crippen LogP contribution in [0, 0.1) is 11.6 Å². The van der Waals surface area contributed by atoms with E-state index >= 15 is 0 Å². The Morgan fingerprint density at radius 2 is 2.13 bits per heavy atom. The number of ether oxygens (including phenoxy) is 1. The van der Waals surface area contributed by atoms with Gasteiger partial charge in [-0.05, 0) is 25.1 Å². The minimum absolute atomic E-state index is 0.0226. The topological polar surface area (TPSA) is 90.1 Å². The van der Waals surface area contributed by atoms with Crippen molar-refractivity contribution in [1.82, 2.24) is 19.7 Å². The van der Waals surface area contributed by atoms with Crippen LogP contribution in [-0.4, -0.2) is 43.2 Å². The lowest BCUT2D eigenvalue weighted by atomic mass is 9.90. The fourth-order valence-corrected chi connectivity index (χ4v) is 5.44. The first kappa shape index (κ1) is 23.2. The molecule has 164 valence electrons. The molecule has 3 rings (SSSR count). The summed E-state index contributed by atoms with van der Waals surface area (Å²) in [7, 11) is 4.05. The molecular formula is C20H20F2N4O3S2. The van der Waals surface area contributed by atoms with Crippen LogP contribution in [0.3, 0.4) is 0 Å². The van der Waals surface area contributed by atoms with E-state index in [-0.39, 0.29) is 12.1 Å². The van der Waals surface area contributed by atoms with E-state index in [1.165, 1.54) is 58.3 Å². The lowest BCUT2D eigenvalue weighted by Gasteiger charge is -2.34. The molecule has 2 heterocycles. The van der Waals surface area contributed by atoms with E-state index in [9.17, 15) is 18.7 Å². The fraction of sp³-hybridized carbons (Fsp3) is 0.300. The molecule has 0 saturated heterocycles. The Kier molecular flexibility index (Phi) is 7.63. The third-order valence-electron chi connectivity index (χ3n) is 4.60. The Morgan fingerprint density at radius 1 is 1.32 bits per heavy atom. The summed E-state index contributed by atoms with van der Waals surface area (Å²) in [5.74, 6) is -1.53. The summed E-state index contributed by atoms with van der Waals surface area (Å²) in [6, 6.07) is 6.45. The summed E-state index contributed by atoms with van der Waals surface area (Å²) < 4.78 is 34.0. The van der Waals surface area contributed by atoms with Crippen molar-refractivity contribution in [3.05, 3.63) is 77.6 Å². The number of pyridine rings is 1. The molecular weight excluding hydrogens is 446 g/mol. The maximum atomic E-state index is 14.5. The Morgan fingerprint density at radius 3 is 2.74 bits per heavy atom. The quantitative estimate of drug-likeness (QED) is 0.378. The number of aromatic nitrogens is 4. The number of methoxy groups -OCH3 is 1. The number of rotatable bonds is 9. The van der Waals surface area contributed by atoms with Crippen LogP contribution < -0.4 is 0 Å². The lowest BCUT2D eigenvalue weighted by Crippen LogP contribution is -2.41. The number of aliphatic hydroxyl groups is 1. The average molecular weight is 467 g/mol. The van der Waals surface area contributed by atoms with Gasteiger partial charge in [-0.2, -0.15) is 5.10 Å². The fourth-order valence-electron chi connectivity index (χ4n) is 2.86. The minimum Gasteiger partial charge on any atom is -0.465 e. The van der Waals surface area contributed by atoms with Gasteiger partial charge in [0, 0.05) is 28.8 Å². The molecule has 0 unspecified atom stereocenters. The van der Waals surface area contributed by atoms with Gasteiger partial charge in [0.25, 0.3) is 0 Å². The predicted molar refractivity (Wildman–Crippen MR) is 114 cm³/mol. The molecule has 11 heteroatoms. The van der Waals surface area contributed by atoms with Crippen molar-refractivity contribution < 1.29 is 23.4 Å². The van der Waals surface area contributed by atoms with Gasteiger partial charge in [0.05, 0.1) is 24.9 Å². The number of carbonyl (C=O) groups excluding carboxylic acids is 1. The van der Waals surface area contributed by atoms with E-state index in [4.69, 9.17) is 0 Å². The van der Waals surface area contributed by atoms with Crippen LogP contribution >= 0.6 is 21.6 Å². The maximum Gasteiger partial charge on any atom is 0.339 e. The van der Waals surface area contributed by atoms with Gasteiger partial charge in [-0.1, -0.05) is 27.7 Å². The summed E-state index contributed by atoms with van der Waals surface area (Å²) >= 11 is 0. The van der Waals surface area contributed by atoms with E-state index in [1.807, 2.05) is 0 Å². The minimum atomic E-state index is -1.68. The smallest absolute Gasteiger partial charge is 0.339 e. The largest absolute Gasteiger partial charge is 0.465 e. The van der Waals surface area contributed by atoms with Gasteiger partial charge in [-0.15, -0.1) is 0 Å².